The molecule has 2 amide bonds. The van der Waals surface area contributed by atoms with Gasteiger partial charge < -0.3 is 15.0 Å². The number of carbonyl (C=O) groups excluding carboxylic acids is 1. The summed E-state index contributed by atoms with van der Waals surface area (Å²) >= 11 is 0. The zero-order valence-electron chi connectivity index (χ0n) is 16.5. The van der Waals surface area contributed by atoms with Gasteiger partial charge in [-0.15, -0.1) is 0 Å². The van der Waals surface area contributed by atoms with Crippen LogP contribution in [-0.4, -0.2) is 39.4 Å². The summed E-state index contributed by atoms with van der Waals surface area (Å²) in [6.45, 7) is 0.722. The summed E-state index contributed by atoms with van der Waals surface area (Å²) in [6, 6.07) is 13.4. The Labute approximate surface area is 170 Å². The van der Waals surface area contributed by atoms with Crippen molar-refractivity contribution in [2.24, 2.45) is 0 Å². The molecule has 0 saturated carbocycles. The lowest BCUT2D eigenvalue weighted by atomic mass is 10.0. The number of rotatable bonds is 4. The smallest absolute Gasteiger partial charge is 0.322 e. The van der Waals surface area contributed by atoms with Crippen LogP contribution < -0.4 is 10.1 Å². The molecule has 1 saturated heterocycles. The molecule has 7 heteroatoms. The molecule has 1 aromatic carbocycles. The Bertz CT molecular complexity index is 940. The number of aromatic nitrogens is 3. The minimum absolute atomic E-state index is 0.0354. The fraction of sp³-hybridized carbons (Fsp3) is 0.318. The molecule has 1 atom stereocenters. The fourth-order valence-corrected chi connectivity index (χ4v) is 3.78. The first kappa shape index (κ1) is 19.0. The second kappa shape index (κ2) is 8.77. The van der Waals surface area contributed by atoms with E-state index in [1.54, 1.807) is 24.2 Å². The third-order valence-corrected chi connectivity index (χ3v) is 5.26. The quantitative estimate of drug-likeness (QED) is 0.714. The van der Waals surface area contributed by atoms with Gasteiger partial charge in [0.1, 0.15) is 5.75 Å². The number of ether oxygens (including phenoxy) is 1. The summed E-state index contributed by atoms with van der Waals surface area (Å²) in [6.07, 6.45) is 9.36. The van der Waals surface area contributed by atoms with Crippen LogP contribution in [0.4, 0.5) is 10.5 Å². The number of likely N-dealkylation sites (tertiary alicyclic amines) is 1. The van der Waals surface area contributed by atoms with Crippen molar-refractivity contribution in [1.82, 2.24) is 19.7 Å². The lowest BCUT2D eigenvalue weighted by molar-refractivity contribution is 0.189. The van der Waals surface area contributed by atoms with Crippen LogP contribution >= 0.6 is 0 Å². The fourth-order valence-electron chi connectivity index (χ4n) is 3.78. The molecule has 4 rings (SSSR count). The number of pyridine rings is 1. The van der Waals surface area contributed by atoms with Crippen LogP contribution in [0.1, 0.15) is 37.3 Å². The molecule has 0 bridgehead atoms. The summed E-state index contributed by atoms with van der Waals surface area (Å²) in [5.41, 5.74) is 1.76. The van der Waals surface area contributed by atoms with E-state index in [1.807, 2.05) is 53.6 Å². The Kier molecular flexibility index (Phi) is 5.74. The van der Waals surface area contributed by atoms with E-state index in [9.17, 15) is 4.79 Å². The van der Waals surface area contributed by atoms with Gasteiger partial charge in [0, 0.05) is 25.1 Å². The van der Waals surface area contributed by atoms with Crippen molar-refractivity contribution >= 4 is 11.7 Å². The average Bonchev–Trinajstić information content (AvgIpc) is 3.18. The summed E-state index contributed by atoms with van der Waals surface area (Å²) in [5.74, 6) is 1.42. The Hall–Kier alpha value is -3.35. The second-order valence-corrected chi connectivity index (χ2v) is 7.09. The number of urea groups is 1. The molecule has 7 nitrogen and oxygen atoms in total. The van der Waals surface area contributed by atoms with Crippen LogP contribution in [-0.2, 0) is 0 Å². The normalized spacial score (nSPS) is 16.9. The Morgan fingerprint density at radius 2 is 1.97 bits per heavy atom. The summed E-state index contributed by atoms with van der Waals surface area (Å²) in [7, 11) is 1.66. The second-order valence-electron chi connectivity index (χ2n) is 7.09. The maximum atomic E-state index is 13.3. The molecule has 1 unspecified atom stereocenters. The highest BCUT2D eigenvalue weighted by molar-refractivity contribution is 5.91. The maximum absolute atomic E-state index is 13.3. The van der Waals surface area contributed by atoms with Crippen LogP contribution in [0.2, 0.25) is 0 Å². The molecule has 0 spiro atoms. The molecule has 3 aromatic rings. The lowest BCUT2D eigenvalue weighted by Crippen LogP contribution is -2.38. The van der Waals surface area contributed by atoms with E-state index in [-0.39, 0.29) is 12.1 Å². The van der Waals surface area contributed by atoms with Gasteiger partial charge in [0.25, 0.3) is 0 Å². The van der Waals surface area contributed by atoms with Gasteiger partial charge in [0.2, 0.25) is 0 Å². The number of benzene rings is 1. The third kappa shape index (κ3) is 4.23. The maximum Gasteiger partial charge on any atom is 0.322 e. The molecular formula is C22H25N5O2. The van der Waals surface area contributed by atoms with Crippen molar-refractivity contribution < 1.29 is 9.53 Å². The van der Waals surface area contributed by atoms with Gasteiger partial charge >= 0.3 is 6.03 Å². The van der Waals surface area contributed by atoms with E-state index in [1.165, 1.54) is 0 Å². The van der Waals surface area contributed by atoms with Gasteiger partial charge in [-0.05, 0) is 48.7 Å². The number of methoxy groups -OCH3 is 1. The molecule has 1 aliphatic heterocycles. The molecule has 3 heterocycles. The van der Waals surface area contributed by atoms with Crippen LogP contribution in [0, 0.1) is 0 Å². The monoisotopic (exact) mass is 391 g/mol. The molecule has 29 heavy (non-hydrogen) atoms. The average molecular weight is 391 g/mol. The van der Waals surface area contributed by atoms with Crippen LogP contribution in [0.15, 0.2) is 61.1 Å². The van der Waals surface area contributed by atoms with E-state index in [4.69, 9.17) is 4.74 Å². The van der Waals surface area contributed by atoms with Crippen molar-refractivity contribution in [3.8, 4) is 11.6 Å². The van der Waals surface area contributed by atoms with Crippen LogP contribution in [0.25, 0.3) is 5.82 Å². The topological polar surface area (TPSA) is 72.3 Å². The number of nitrogens with zero attached hydrogens (tertiary/aromatic N) is 4. The van der Waals surface area contributed by atoms with Crippen LogP contribution in [0.3, 0.4) is 0 Å². The highest BCUT2D eigenvalue weighted by Gasteiger charge is 2.27. The largest absolute Gasteiger partial charge is 0.497 e. The van der Waals surface area contributed by atoms with Crippen molar-refractivity contribution in [3.63, 3.8) is 0 Å². The number of amides is 2. The van der Waals surface area contributed by atoms with Crippen LogP contribution in [0.5, 0.6) is 5.75 Å². The van der Waals surface area contributed by atoms with E-state index in [0.717, 1.165) is 43.5 Å². The highest BCUT2D eigenvalue weighted by Crippen LogP contribution is 2.32. The lowest BCUT2D eigenvalue weighted by Gasteiger charge is -2.31. The number of carbonyl (C=O) groups is 1. The number of hydrogen-bond acceptors (Lipinski definition) is 4. The summed E-state index contributed by atoms with van der Waals surface area (Å²) in [5, 5.41) is 7.30. The van der Waals surface area contributed by atoms with Crippen molar-refractivity contribution in [3.05, 3.63) is 66.6 Å². The molecule has 1 N–H and O–H groups in total. The van der Waals surface area contributed by atoms with Gasteiger partial charge in [-0.2, -0.15) is 5.10 Å². The minimum Gasteiger partial charge on any atom is -0.497 e. The summed E-state index contributed by atoms with van der Waals surface area (Å²) < 4.78 is 6.93. The third-order valence-electron chi connectivity index (χ3n) is 5.26. The molecule has 1 fully saturated rings. The zero-order valence-corrected chi connectivity index (χ0v) is 16.5. The first-order valence-electron chi connectivity index (χ1n) is 9.93. The van der Waals surface area contributed by atoms with Crippen molar-refractivity contribution in [1.29, 1.82) is 0 Å². The number of nitrogens with one attached hydrogen (secondary N) is 1. The molecular weight excluding hydrogens is 366 g/mol. The van der Waals surface area contributed by atoms with E-state index >= 15 is 0 Å². The first-order chi connectivity index (χ1) is 14.3. The van der Waals surface area contributed by atoms with E-state index in [2.05, 4.69) is 15.4 Å². The van der Waals surface area contributed by atoms with Gasteiger partial charge in [-0.3, -0.25) is 0 Å². The zero-order chi connectivity index (χ0) is 20.1. The Morgan fingerprint density at radius 3 is 2.72 bits per heavy atom. The van der Waals surface area contributed by atoms with Gasteiger partial charge in [0.05, 0.1) is 18.8 Å². The standard InChI is InChI=1S/C22H25N5O2/c1-29-18-11-9-17(10-12-18)20-8-3-2-4-15-26(20)22(28)25-19-7-5-13-23-21(19)27-16-6-14-24-27/h5-7,9-14,16,20H,2-4,8,15H2,1H3,(H,25,28). The molecule has 150 valence electrons. The Balaban J connectivity index is 1.59. The number of hydrogen-bond donors (Lipinski definition) is 1. The first-order valence-corrected chi connectivity index (χ1v) is 9.93. The van der Waals surface area contributed by atoms with Gasteiger partial charge in [-0.25, -0.2) is 14.5 Å². The molecule has 0 radical (unpaired) electrons. The SMILES string of the molecule is COc1ccc(C2CCCCCN2C(=O)Nc2cccnc2-n2cccn2)cc1. The highest BCUT2D eigenvalue weighted by atomic mass is 16.5. The molecule has 0 aliphatic carbocycles. The molecule has 1 aliphatic rings. The minimum atomic E-state index is -0.117. The summed E-state index contributed by atoms with van der Waals surface area (Å²) in [4.78, 5) is 19.6. The Morgan fingerprint density at radius 1 is 1.10 bits per heavy atom. The predicted molar refractivity (Wildman–Crippen MR) is 111 cm³/mol. The van der Waals surface area contributed by atoms with Gasteiger partial charge in [-0.1, -0.05) is 25.0 Å². The number of anilines is 1. The van der Waals surface area contributed by atoms with E-state index in [0.29, 0.717) is 11.5 Å². The van der Waals surface area contributed by atoms with Crippen molar-refractivity contribution in [2.75, 3.05) is 19.0 Å². The van der Waals surface area contributed by atoms with Gasteiger partial charge in [0.15, 0.2) is 5.82 Å². The predicted octanol–water partition coefficient (Wildman–Crippen LogP) is 4.43. The van der Waals surface area contributed by atoms with E-state index < -0.39 is 0 Å². The molecule has 2 aromatic heterocycles. The van der Waals surface area contributed by atoms with Crippen molar-refractivity contribution in [2.45, 2.75) is 31.7 Å².